The van der Waals surface area contributed by atoms with Crippen LogP contribution in [0.25, 0.3) is 0 Å². The maximum absolute atomic E-state index is 12.1. The minimum atomic E-state index is -1.06. The highest BCUT2D eigenvalue weighted by Crippen LogP contribution is 2.08. The second-order valence-electron chi connectivity index (χ2n) is 4.01. The Hall–Kier alpha value is -2.11. The molecule has 98 valence electrons. The molecular weight excluding hydrogens is 236 g/mol. The first-order chi connectivity index (χ1) is 8.45. The Morgan fingerprint density at radius 3 is 2.61 bits per heavy atom. The van der Waals surface area contributed by atoms with Gasteiger partial charge in [0.2, 0.25) is 5.56 Å². The second-order valence-corrected chi connectivity index (χ2v) is 4.01. The van der Waals surface area contributed by atoms with Crippen molar-refractivity contribution in [1.82, 2.24) is 9.88 Å². The van der Waals surface area contributed by atoms with Gasteiger partial charge in [-0.2, -0.15) is 0 Å². The molecule has 0 atom stereocenters. The van der Waals surface area contributed by atoms with Crippen LogP contribution < -0.4 is 5.56 Å². The average molecular weight is 252 g/mol. The van der Waals surface area contributed by atoms with E-state index in [1.165, 1.54) is 17.2 Å². The van der Waals surface area contributed by atoms with Crippen molar-refractivity contribution in [1.29, 1.82) is 0 Å². The molecule has 0 saturated heterocycles. The number of nitrogens with one attached hydrogen (secondary N) is 1. The van der Waals surface area contributed by atoms with Gasteiger partial charge in [-0.3, -0.25) is 14.4 Å². The lowest BCUT2D eigenvalue weighted by Crippen LogP contribution is -2.37. The summed E-state index contributed by atoms with van der Waals surface area (Å²) < 4.78 is 0. The first-order valence-corrected chi connectivity index (χ1v) is 5.66. The van der Waals surface area contributed by atoms with E-state index < -0.39 is 5.97 Å². The number of hydrogen-bond donors (Lipinski definition) is 2. The molecule has 0 spiro atoms. The Labute approximate surface area is 104 Å². The van der Waals surface area contributed by atoms with Crippen molar-refractivity contribution in [2.75, 3.05) is 13.1 Å². The van der Waals surface area contributed by atoms with Crippen molar-refractivity contribution >= 4 is 11.9 Å². The van der Waals surface area contributed by atoms with Gasteiger partial charge in [0.05, 0.1) is 5.56 Å². The molecule has 1 heterocycles. The molecule has 1 aromatic rings. The lowest BCUT2D eigenvalue weighted by atomic mass is 10.1. The minimum Gasteiger partial charge on any atom is -0.480 e. The van der Waals surface area contributed by atoms with Crippen LogP contribution in [0.1, 0.15) is 29.3 Å². The van der Waals surface area contributed by atoms with Crippen LogP contribution in [-0.4, -0.2) is 40.0 Å². The Morgan fingerprint density at radius 1 is 1.44 bits per heavy atom. The third-order valence-corrected chi connectivity index (χ3v) is 2.47. The molecule has 0 fully saturated rings. The average Bonchev–Trinajstić information content (AvgIpc) is 2.27. The zero-order valence-corrected chi connectivity index (χ0v) is 10.4. The molecule has 1 amide bonds. The molecule has 0 aromatic carbocycles. The van der Waals surface area contributed by atoms with Crippen LogP contribution in [0.2, 0.25) is 0 Å². The summed E-state index contributed by atoms with van der Waals surface area (Å²) in [5.74, 6) is -1.44. The molecule has 0 radical (unpaired) electrons. The van der Waals surface area contributed by atoms with Gasteiger partial charge in [-0.15, -0.1) is 0 Å². The first-order valence-electron chi connectivity index (χ1n) is 5.66. The number of hydrogen-bond acceptors (Lipinski definition) is 3. The van der Waals surface area contributed by atoms with E-state index in [1.807, 2.05) is 6.92 Å². The number of aryl methyl sites for hydroxylation is 1. The fraction of sp³-hybridized carbons (Fsp3) is 0.417. The van der Waals surface area contributed by atoms with Crippen molar-refractivity contribution in [2.24, 2.45) is 0 Å². The van der Waals surface area contributed by atoms with Crippen LogP contribution in [0.5, 0.6) is 0 Å². The smallest absolute Gasteiger partial charge is 0.323 e. The standard InChI is InChI=1S/C12H16N2O4/c1-3-4-14(7-11(16)17)12(18)9-6-13-10(15)5-8(9)2/h5-6H,3-4,7H2,1-2H3,(H,13,15)(H,16,17). The number of carboxylic acid groups (broad SMARTS) is 1. The van der Waals surface area contributed by atoms with Crippen LogP contribution in [0.15, 0.2) is 17.1 Å². The number of carboxylic acids is 1. The molecule has 6 heteroatoms. The monoisotopic (exact) mass is 252 g/mol. The third-order valence-electron chi connectivity index (χ3n) is 2.47. The van der Waals surface area contributed by atoms with Crippen molar-refractivity contribution in [3.63, 3.8) is 0 Å². The van der Waals surface area contributed by atoms with Crippen LogP contribution in [0.3, 0.4) is 0 Å². The topological polar surface area (TPSA) is 90.5 Å². The molecule has 6 nitrogen and oxygen atoms in total. The lowest BCUT2D eigenvalue weighted by Gasteiger charge is -2.20. The quantitative estimate of drug-likeness (QED) is 0.803. The van der Waals surface area contributed by atoms with Crippen molar-refractivity contribution in [3.05, 3.63) is 33.7 Å². The molecule has 0 saturated carbocycles. The lowest BCUT2D eigenvalue weighted by molar-refractivity contribution is -0.137. The molecule has 0 bridgehead atoms. The highest BCUT2D eigenvalue weighted by atomic mass is 16.4. The van der Waals surface area contributed by atoms with Gasteiger partial charge in [0.25, 0.3) is 5.91 Å². The summed E-state index contributed by atoms with van der Waals surface area (Å²) >= 11 is 0. The Balaban J connectivity index is 3.01. The Bertz CT molecular complexity index is 507. The summed E-state index contributed by atoms with van der Waals surface area (Å²) in [6, 6.07) is 1.32. The Kier molecular flexibility index (Phi) is 4.65. The normalized spacial score (nSPS) is 10.1. The minimum absolute atomic E-state index is 0.288. The molecule has 0 aliphatic carbocycles. The van der Waals surface area contributed by atoms with E-state index in [-0.39, 0.29) is 18.0 Å². The fourth-order valence-electron chi connectivity index (χ4n) is 1.66. The highest BCUT2D eigenvalue weighted by molar-refractivity contribution is 5.96. The number of rotatable bonds is 5. The van der Waals surface area contributed by atoms with Gasteiger partial charge in [0.15, 0.2) is 0 Å². The van der Waals surface area contributed by atoms with Gasteiger partial charge in [-0.05, 0) is 18.9 Å². The predicted molar refractivity (Wildman–Crippen MR) is 65.6 cm³/mol. The molecule has 18 heavy (non-hydrogen) atoms. The fourth-order valence-corrected chi connectivity index (χ4v) is 1.66. The summed E-state index contributed by atoms with van der Waals surface area (Å²) in [7, 11) is 0. The van der Waals surface area contributed by atoms with Gasteiger partial charge < -0.3 is 15.0 Å². The zero-order valence-electron chi connectivity index (χ0n) is 10.4. The van der Waals surface area contributed by atoms with Gasteiger partial charge in [0.1, 0.15) is 6.54 Å². The van der Waals surface area contributed by atoms with Gasteiger partial charge in [0, 0.05) is 18.8 Å². The predicted octanol–water partition coefficient (Wildman–Crippen LogP) is 0.620. The number of nitrogens with zero attached hydrogens (tertiary/aromatic N) is 1. The number of carbonyl (C=O) groups is 2. The molecule has 1 aromatic heterocycles. The van der Waals surface area contributed by atoms with E-state index in [4.69, 9.17) is 5.11 Å². The van der Waals surface area contributed by atoms with Crippen LogP contribution in [0.4, 0.5) is 0 Å². The highest BCUT2D eigenvalue weighted by Gasteiger charge is 2.19. The van der Waals surface area contributed by atoms with Gasteiger partial charge in [-0.25, -0.2) is 0 Å². The van der Waals surface area contributed by atoms with E-state index in [0.29, 0.717) is 24.1 Å². The van der Waals surface area contributed by atoms with Gasteiger partial charge >= 0.3 is 5.97 Å². The van der Waals surface area contributed by atoms with Crippen molar-refractivity contribution < 1.29 is 14.7 Å². The summed E-state index contributed by atoms with van der Waals surface area (Å²) in [6.45, 7) is 3.53. The molecule has 0 aliphatic rings. The Morgan fingerprint density at radius 2 is 2.11 bits per heavy atom. The third kappa shape index (κ3) is 3.44. The van der Waals surface area contributed by atoms with E-state index in [1.54, 1.807) is 6.92 Å². The van der Waals surface area contributed by atoms with Crippen LogP contribution in [-0.2, 0) is 4.79 Å². The zero-order chi connectivity index (χ0) is 13.7. The maximum Gasteiger partial charge on any atom is 0.323 e. The summed E-state index contributed by atoms with van der Waals surface area (Å²) in [6.07, 6.45) is 1.99. The maximum atomic E-state index is 12.1. The molecule has 0 aliphatic heterocycles. The number of aromatic amines is 1. The largest absolute Gasteiger partial charge is 0.480 e. The summed E-state index contributed by atoms with van der Waals surface area (Å²) in [5.41, 5.74) is 0.573. The van der Waals surface area contributed by atoms with Crippen molar-refractivity contribution in [2.45, 2.75) is 20.3 Å². The summed E-state index contributed by atoms with van der Waals surface area (Å²) in [4.78, 5) is 37.6. The number of H-pyrrole nitrogens is 1. The van der Waals surface area contributed by atoms with Crippen molar-refractivity contribution in [3.8, 4) is 0 Å². The second kappa shape index (κ2) is 6.00. The molecule has 0 unspecified atom stereocenters. The number of amides is 1. The molecular formula is C12H16N2O4. The van der Waals surface area contributed by atoms with Crippen LogP contribution >= 0.6 is 0 Å². The van der Waals surface area contributed by atoms with Crippen LogP contribution in [0, 0.1) is 6.92 Å². The van der Waals surface area contributed by atoms with E-state index in [2.05, 4.69) is 4.98 Å². The number of aliphatic carboxylic acids is 1. The first kappa shape index (κ1) is 14.0. The van der Waals surface area contributed by atoms with E-state index in [9.17, 15) is 14.4 Å². The molecule has 1 rings (SSSR count). The van der Waals surface area contributed by atoms with E-state index >= 15 is 0 Å². The van der Waals surface area contributed by atoms with Gasteiger partial charge in [-0.1, -0.05) is 6.92 Å². The summed E-state index contributed by atoms with van der Waals surface area (Å²) in [5, 5.41) is 8.77. The number of carbonyl (C=O) groups excluding carboxylic acids is 1. The number of aromatic nitrogens is 1. The van der Waals surface area contributed by atoms with E-state index in [0.717, 1.165) is 0 Å². The number of pyridine rings is 1. The SMILES string of the molecule is CCCN(CC(=O)O)C(=O)c1c[nH]c(=O)cc1C. The molecule has 2 N–H and O–H groups in total.